The Bertz CT molecular complexity index is 1240. The van der Waals surface area contributed by atoms with Gasteiger partial charge in [-0.25, -0.2) is 13.2 Å². The molecule has 0 spiro atoms. The number of benzene rings is 2. The average Bonchev–Trinajstić information content (AvgIpc) is 3.46. The predicted molar refractivity (Wildman–Crippen MR) is 127 cm³/mol. The van der Waals surface area contributed by atoms with Crippen molar-refractivity contribution in [1.29, 1.82) is 0 Å². The van der Waals surface area contributed by atoms with Crippen LogP contribution in [0.15, 0.2) is 58.3 Å². The number of hydrogen-bond acceptors (Lipinski definition) is 9. The maximum absolute atomic E-state index is 12.9. The molecule has 208 valence electrons. The lowest BCUT2D eigenvalue weighted by Crippen LogP contribution is -2.32. The fourth-order valence-corrected chi connectivity index (χ4v) is 5.01. The number of ether oxygens (including phenoxy) is 2. The van der Waals surface area contributed by atoms with Crippen LogP contribution >= 0.6 is 11.8 Å². The summed E-state index contributed by atoms with van der Waals surface area (Å²) < 4.78 is 84.1. The molecule has 10 nitrogen and oxygen atoms in total. The van der Waals surface area contributed by atoms with Gasteiger partial charge in [-0.15, -0.1) is 0 Å². The molecule has 38 heavy (non-hydrogen) atoms. The molecule has 0 saturated carbocycles. The van der Waals surface area contributed by atoms with Crippen LogP contribution in [0.25, 0.3) is 0 Å². The van der Waals surface area contributed by atoms with Crippen LogP contribution in [0.4, 0.5) is 33.7 Å². The minimum Gasteiger partial charge on any atom is -0.441 e. The van der Waals surface area contributed by atoms with Gasteiger partial charge in [-0.1, -0.05) is 30.0 Å². The van der Waals surface area contributed by atoms with Gasteiger partial charge in [0.25, 0.3) is 11.7 Å². The van der Waals surface area contributed by atoms with Crippen LogP contribution in [0.3, 0.4) is 0 Å². The van der Waals surface area contributed by atoms with Crippen molar-refractivity contribution in [2.24, 2.45) is 0 Å². The first-order valence-electron chi connectivity index (χ1n) is 10.8. The van der Waals surface area contributed by atoms with Crippen LogP contribution in [0.5, 0.6) is 0 Å². The van der Waals surface area contributed by atoms with Crippen LogP contribution in [0.1, 0.15) is 0 Å². The zero-order valence-corrected chi connectivity index (χ0v) is 21.0. The number of aliphatic hydroxyl groups is 2. The van der Waals surface area contributed by atoms with E-state index in [1.165, 1.54) is 4.90 Å². The second-order valence-corrected chi connectivity index (χ2v) is 10.6. The first-order chi connectivity index (χ1) is 18.0. The number of aliphatic hydroxyl groups excluding tert-OH is 2. The fourth-order valence-electron chi connectivity index (χ4n) is 3.45. The Labute approximate surface area is 218 Å². The van der Waals surface area contributed by atoms with Crippen LogP contribution in [0, 0.1) is 0 Å². The van der Waals surface area contributed by atoms with E-state index in [-0.39, 0.29) is 23.3 Å². The van der Waals surface area contributed by atoms with Gasteiger partial charge in [0, 0.05) is 10.6 Å². The van der Waals surface area contributed by atoms with E-state index in [9.17, 15) is 35.6 Å². The number of alkyl halides is 4. The van der Waals surface area contributed by atoms with Gasteiger partial charge >= 0.3 is 11.9 Å². The molecule has 2 atom stereocenters. The largest absolute Gasteiger partial charge is 0.441 e. The highest BCUT2D eigenvalue weighted by Crippen LogP contribution is 2.36. The number of anilines is 2. The third kappa shape index (κ3) is 6.74. The lowest BCUT2D eigenvalue weighted by Gasteiger charge is -2.19. The third-order valence-electron chi connectivity index (χ3n) is 5.25. The van der Waals surface area contributed by atoms with Crippen LogP contribution in [-0.4, -0.2) is 80.8 Å². The van der Waals surface area contributed by atoms with E-state index >= 15 is 0 Å². The van der Waals surface area contributed by atoms with Crippen molar-refractivity contribution in [2.45, 2.75) is 33.5 Å². The van der Waals surface area contributed by atoms with Crippen molar-refractivity contribution in [3.63, 3.8) is 0 Å². The molecule has 2 amide bonds. The minimum atomic E-state index is -5.15. The summed E-state index contributed by atoms with van der Waals surface area (Å²) in [5, 5.41) is 17.8. The highest BCUT2D eigenvalue weighted by atomic mass is 32.2. The summed E-state index contributed by atoms with van der Waals surface area (Å²) in [7, 11) is -5.15. The van der Waals surface area contributed by atoms with Crippen LogP contribution in [-0.2, 0) is 24.1 Å². The lowest BCUT2D eigenvalue weighted by atomic mass is 10.2. The number of hydrogen-bond donors (Lipinski definition) is 2. The Morgan fingerprint density at radius 1 is 1.00 bits per heavy atom. The summed E-state index contributed by atoms with van der Waals surface area (Å²) in [6.45, 7) is -0.850. The van der Waals surface area contributed by atoms with Gasteiger partial charge < -0.3 is 19.7 Å². The number of carbonyl (C=O) groups is 2. The molecule has 2 aliphatic rings. The summed E-state index contributed by atoms with van der Waals surface area (Å²) >= 11 is -0.0199. The normalized spacial score (nSPS) is 19.7. The monoisotopic (exact) mass is 582 g/mol. The van der Waals surface area contributed by atoms with Gasteiger partial charge in [-0.05, 0) is 30.3 Å². The maximum Gasteiger partial charge on any atom is 0.414 e. The Morgan fingerprint density at radius 2 is 1.68 bits per heavy atom. The zero-order valence-electron chi connectivity index (χ0n) is 19.3. The Morgan fingerprint density at radius 3 is 2.21 bits per heavy atom. The average molecular weight is 583 g/mol. The smallest absolute Gasteiger partial charge is 0.414 e. The van der Waals surface area contributed by atoms with Gasteiger partial charge in [0.15, 0.2) is 6.10 Å². The predicted octanol–water partition coefficient (Wildman–Crippen LogP) is 2.68. The van der Waals surface area contributed by atoms with Crippen LogP contribution in [0.2, 0.25) is 0 Å². The molecule has 16 heteroatoms. The number of halogens is 4. The highest BCUT2D eigenvalue weighted by Gasteiger charge is 2.38. The van der Waals surface area contributed by atoms with E-state index in [2.05, 4.69) is 0 Å². The number of nitrogens with zero attached hydrogens (tertiary/aromatic N) is 2. The van der Waals surface area contributed by atoms with Crippen LogP contribution < -0.4 is 9.80 Å². The Hall–Kier alpha value is -2.92. The standard InChI is InChI=1S/C12H11F4NO5S2.C10H11NO3/c13-11(14)23-6-1-2-7(9(3-6)24(20,21)12(15)16)17-5-22-8(4-18)10(17)19;12-7-9-6-11(10(13)14-9)8-4-2-1-3-5-8/h1-3,8,11-12,18H,4-5H2;1-5,9,12H,6-7H2. The third-order valence-corrected chi connectivity index (χ3v) is 7.36. The van der Waals surface area contributed by atoms with Gasteiger partial charge in [-0.2, -0.15) is 17.6 Å². The molecule has 2 fully saturated rings. The summed E-state index contributed by atoms with van der Waals surface area (Å²) in [6.07, 6.45) is -2.04. The molecule has 2 saturated heterocycles. The summed E-state index contributed by atoms with van der Waals surface area (Å²) in [4.78, 5) is 24.4. The molecule has 0 aromatic heterocycles. The van der Waals surface area contributed by atoms with E-state index in [0.717, 1.165) is 22.7 Å². The zero-order chi connectivity index (χ0) is 28.0. The van der Waals surface area contributed by atoms with Crippen molar-refractivity contribution in [1.82, 2.24) is 0 Å². The quantitative estimate of drug-likeness (QED) is 0.356. The number of cyclic esters (lactones) is 1. The van der Waals surface area contributed by atoms with Gasteiger partial charge in [0.05, 0.1) is 30.3 Å². The van der Waals surface area contributed by atoms with Gasteiger partial charge in [0.1, 0.15) is 12.8 Å². The summed E-state index contributed by atoms with van der Waals surface area (Å²) in [6, 6.07) is 12.0. The number of sulfone groups is 1. The lowest BCUT2D eigenvalue weighted by molar-refractivity contribution is -0.123. The first kappa shape index (κ1) is 29.6. The second kappa shape index (κ2) is 12.8. The van der Waals surface area contributed by atoms with Gasteiger partial charge in [0.2, 0.25) is 9.84 Å². The number of carbonyl (C=O) groups excluding carboxylic acids is 2. The van der Waals surface area contributed by atoms with Crippen molar-refractivity contribution < 1.29 is 55.3 Å². The van der Waals surface area contributed by atoms with E-state index in [1.807, 2.05) is 30.3 Å². The van der Waals surface area contributed by atoms with Crippen molar-refractivity contribution in [3.8, 4) is 0 Å². The molecular formula is C22H22F4N2O8S2. The molecule has 2 aromatic carbocycles. The molecule has 0 bridgehead atoms. The summed E-state index contributed by atoms with van der Waals surface area (Å²) in [5.41, 5.74) is 0.378. The second-order valence-electron chi connectivity index (χ2n) is 7.68. The molecule has 2 aliphatic heterocycles. The Kier molecular flexibility index (Phi) is 9.94. The molecule has 2 unspecified atom stereocenters. The molecule has 4 rings (SSSR count). The molecule has 2 N–H and O–H groups in total. The minimum absolute atomic E-state index is 0.0199. The highest BCUT2D eigenvalue weighted by molar-refractivity contribution is 7.99. The number of amides is 2. The molecular weight excluding hydrogens is 560 g/mol. The molecule has 2 aromatic rings. The molecule has 0 aliphatic carbocycles. The topological polar surface area (TPSA) is 134 Å². The Balaban J connectivity index is 0.000000241. The van der Waals surface area contributed by atoms with E-state index in [4.69, 9.17) is 19.7 Å². The van der Waals surface area contributed by atoms with Crippen molar-refractivity contribution in [2.75, 3.05) is 36.3 Å². The maximum atomic E-state index is 12.9. The number of thioether (sulfide) groups is 1. The first-order valence-corrected chi connectivity index (χ1v) is 13.2. The number of rotatable bonds is 8. The molecule has 0 radical (unpaired) electrons. The van der Waals surface area contributed by atoms with Gasteiger partial charge in [-0.3, -0.25) is 14.6 Å². The molecule has 2 heterocycles. The van der Waals surface area contributed by atoms with E-state index in [0.29, 0.717) is 12.6 Å². The van der Waals surface area contributed by atoms with E-state index in [1.54, 1.807) is 0 Å². The van der Waals surface area contributed by atoms with Crippen molar-refractivity contribution in [3.05, 3.63) is 48.5 Å². The fraction of sp³-hybridized carbons (Fsp3) is 0.364. The van der Waals surface area contributed by atoms with Crippen molar-refractivity contribution >= 4 is 45.0 Å². The SMILES string of the molecule is O=C1C(CO)OCN1c1ccc(SC(F)F)cc1S(=O)(=O)C(F)F.O=C1OC(CO)CN1c1ccccc1. The number of para-hydroxylation sites is 1. The van der Waals surface area contributed by atoms with E-state index < -0.39 is 69.5 Å². The summed E-state index contributed by atoms with van der Waals surface area (Å²) in [5.74, 6) is -7.50.